The lowest BCUT2D eigenvalue weighted by Crippen LogP contribution is -2.18. The van der Waals surface area contributed by atoms with Crippen molar-refractivity contribution in [3.05, 3.63) is 48.0 Å². The molecular weight excluding hydrogens is 226 g/mol. The summed E-state index contributed by atoms with van der Waals surface area (Å²) in [5, 5.41) is 3.28. The maximum absolute atomic E-state index is 4.98. The third-order valence-electron chi connectivity index (χ3n) is 2.82. The highest BCUT2D eigenvalue weighted by Crippen LogP contribution is 2.13. The van der Waals surface area contributed by atoms with Crippen molar-refractivity contribution in [3.8, 4) is 5.69 Å². The summed E-state index contributed by atoms with van der Waals surface area (Å²) in [6.07, 6.45) is 3.91. The highest BCUT2D eigenvalue weighted by molar-refractivity contribution is 5.40. The van der Waals surface area contributed by atoms with E-state index in [1.165, 1.54) is 11.3 Å². The lowest BCUT2D eigenvalue weighted by atomic mass is 10.2. The number of hydrogen-bond donors (Lipinski definition) is 1. The molecule has 2 aromatic rings. The summed E-state index contributed by atoms with van der Waals surface area (Å²) >= 11 is 0. The summed E-state index contributed by atoms with van der Waals surface area (Å²) < 4.78 is 7.04. The van der Waals surface area contributed by atoms with Crippen LogP contribution in [0.4, 0.5) is 0 Å². The van der Waals surface area contributed by atoms with E-state index in [-0.39, 0.29) is 0 Å². The monoisotopic (exact) mass is 245 g/mol. The van der Waals surface area contributed by atoms with Gasteiger partial charge in [-0.25, -0.2) is 4.98 Å². The number of aryl methyl sites for hydroxylation is 1. The van der Waals surface area contributed by atoms with Crippen LogP contribution >= 0.6 is 0 Å². The molecule has 0 bridgehead atoms. The molecule has 4 heteroatoms. The quantitative estimate of drug-likeness (QED) is 0.790. The lowest BCUT2D eigenvalue weighted by Gasteiger charge is -2.05. The molecule has 0 fully saturated rings. The minimum atomic E-state index is 0.721. The Bertz CT molecular complexity index is 493. The maximum Gasteiger partial charge on any atom is 0.0995 e. The van der Waals surface area contributed by atoms with Crippen molar-refractivity contribution in [1.82, 2.24) is 14.9 Å². The summed E-state index contributed by atoms with van der Waals surface area (Å²) in [5.74, 6) is 0. The molecule has 1 heterocycles. The van der Waals surface area contributed by atoms with Crippen LogP contribution in [0.5, 0.6) is 0 Å². The smallest absolute Gasteiger partial charge is 0.0995 e. The Balaban J connectivity index is 2.00. The fraction of sp³-hybridized carbons (Fsp3) is 0.357. The van der Waals surface area contributed by atoms with Crippen molar-refractivity contribution in [3.63, 3.8) is 0 Å². The summed E-state index contributed by atoms with van der Waals surface area (Å²) in [6, 6.07) is 8.28. The standard InChI is InChI=1S/C14H19N3O/c1-12-5-3-4-6-14(12)17-10-13(16-11-17)9-15-7-8-18-2/h3-6,10-11,15H,7-9H2,1-2H3. The van der Waals surface area contributed by atoms with Gasteiger partial charge in [0.05, 0.1) is 18.6 Å². The first-order valence-corrected chi connectivity index (χ1v) is 6.10. The number of hydrogen-bond acceptors (Lipinski definition) is 3. The first-order chi connectivity index (χ1) is 8.81. The van der Waals surface area contributed by atoms with E-state index in [2.05, 4.69) is 40.1 Å². The summed E-state index contributed by atoms with van der Waals surface area (Å²) in [5.41, 5.74) is 3.45. The summed E-state index contributed by atoms with van der Waals surface area (Å²) in [7, 11) is 1.70. The van der Waals surface area contributed by atoms with Gasteiger partial charge in [-0.05, 0) is 18.6 Å². The topological polar surface area (TPSA) is 39.1 Å². The molecular formula is C14H19N3O. The van der Waals surface area contributed by atoms with Crippen LogP contribution in [0.25, 0.3) is 5.69 Å². The van der Waals surface area contributed by atoms with Gasteiger partial charge >= 0.3 is 0 Å². The third kappa shape index (κ3) is 3.18. The molecule has 0 aliphatic heterocycles. The van der Waals surface area contributed by atoms with E-state index < -0.39 is 0 Å². The number of imidazole rings is 1. The number of benzene rings is 1. The molecule has 1 aromatic heterocycles. The molecule has 0 saturated carbocycles. The molecule has 4 nitrogen and oxygen atoms in total. The zero-order chi connectivity index (χ0) is 12.8. The van der Waals surface area contributed by atoms with E-state index in [1.54, 1.807) is 7.11 Å². The van der Waals surface area contributed by atoms with Crippen LogP contribution in [0.15, 0.2) is 36.8 Å². The molecule has 18 heavy (non-hydrogen) atoms. The number of methoxy groups -OCH3 is 1. The molecule has 2 rings (SSSR count). The fourth-order valence-electron chi connectivity index (χ4n) is 1.83. The fourth-order valence-corrected chi connectivity index (χ4v) is 1.83. The molecule has 0 amide bonds. The lowest BCUT2D eigenvalue weighted by molar-refractivity contribution is 0.199. The van der Waals surface area contributed by atoms with E-state index in [1.807, 2.05) is 18.5 Å². The van der Waals surface area contributed by atoms with Crippen molar-refractivity contribution in [1.29, 1.82) is 0 Å². The van der Waals surface area contributed by atoms with E-state index >= 15 is 0 Å². The van der Waals surface area contributed by atoms with Gasteiger partial charge in [0.25, 0.3) is 0 Å². The van der Waals surface area contributed by atoms with Gasteiger partial charge in [-0.15, -0.1) is 0 Å². The third-order valence-corrected chi connectivity index (χ3v) is 2.82. The van der Waals surface area contributed by atoms with Crippen LogP contribution in [0.1, 0.15) is 11.3 Å². The first kappa shape index (κ1) is 12.8. The van der Waals surface area contributed by atoms with Gasteiger partial charge in [0.2, 0.25) is 0 Å². The highest BCUT2D eigenvalue weighted by atomic mass is 16.5. The van der Waals surface area contributed by atoms with Crippen molar-refractivity contribution in [2.24, 2.45) is 0 Å². The van der Waals surface area contributed by atoms with Crippen molar-refractivity contribution in [2.45, 2.75) is 13.5 Å². The van der Waals surface area contributed by atoms with E-state index in [0.29, 0.717) is 0 Å². The predicted molar refractivity (Wildman–Crippen MR) is 71.9 cm³/mol. The SMILES string of the molecule is COCCNCc1cn(-c2ccccc2C)cn1. The second kappa shape index (κ2) is 6.33. The maximum atomic E-state index is 4.98. The minimum absolute atomic E-state index is 0.721. The summed E-state index contributed by atoms with van der Waals surface area (Å²) in [6.45, 7) is 4.43. The van der Waals surface area contributed by atoms with Gasteiger partial charge in [0, 0.05) is 32.1 Å². The average Bonchev–Trinajstić information content (AvgIpc) is 2.84. The van der Waals surface area contributed by atoms with Gasteiger partial charge < -0.3 is 14.6 Å². The second-order valence-electron chi connectivity index (χ2n) is 4.23. The number of aromatic nitrogens is 2. The van der Waals surface area contributed by atoms with Crippen LogP contribution in [0.3, 0.4) is 0 Å². The second-order valence-corrected chi connectivity index (χ2v) is 4.23. The Morgan fingerprint density at radius 1 is 1.33 bits per heavy atom. The van der Waals surface area contributed by atoms with Crippen LogP contribution in [-0.2, 0) is 11.3 Å². The normalized spacial score (nSPS) is 10.8. The molecule has 0 aliphatic carbocycles. The van der Waals surface area contributed by atoms with E-state index in [0.717, 1.165) is 25.4 Å². The molecule has 96 valence electrons. The average molecular weight is 245 g/mol. The van der Waals surface area contributed by atoms with Gasteiger partial charge in [-0.2, -0.15) is 0 Å². The van der Waals surface area contributed by atoms with Crippen LogP contribution in [0, 0.1) is 6.92 Å². The number of nitrogens with zero attached hydrogens (tertiary/aromatic N) is 2. The Kier molecular flexibility index (Phi) is 4.50. The molecule has 1 aromatic carbocycles. The Morgan fingerprint density at radius 3 is 2.94 bits per heavy atom. The Labute approximate surface area is 108 Å². The zero-order valence-electron chi connectivity index (χ0n) is 10.9. The van der Waals surface area contributed by atoms with E-state index in [4.69, 9.17) is 4.74 Å². The molecule has 0 radical (unpaired) electrons. The van der Waals surface area contributed by atoms with Gasteiger partial charge in [-0.3, -0.25) is 0 Å². The van der Waals surface area contributed by atoms with Crippen molar-refractivity contribution < 1.29 is 4.74 Å². The molecule has 0 saturated heterocycles. The number of para-hydroxylation sites is 1. The first-order valence-electron chi connectivity index (χ1n) is 6.10. The largest absolute Gasteiger partial charge is 0.383 e. The molecule has 1 N–H and O–H groups in total. The van der Waals surface area contributed by atoms with Crippen LogP contribution < -0.4 is 5.32 Å². The molecule has 0 atom stereocenters. The molecule has 0 spiro atoms. The number of ether oxygens (including phenoxy) is 1. The van der Waals surface area contributed by atoms with Gasteiger partial charge in [0.15, 0.2) is 0 Å². The summed E-state index contributed by atoms with van der Waals surface area (Å²) in [4.78, 5) is 4.39. The van der Waals surface area contributed by atoms with E-state index in [9.17, 15) is 0 Å². The molecule has 0 unspecified atom stereocenters. The van der Waals surface area contributed by atoms with Crippen LogP contribution in [-0.4, -0.2) is 29.8 Å². The van der Waals surface area contributed by atoms with Crippen LogP contribution in [0.2, 0.25) is 0 Å². The highest BCUT2D eigenvalue weighted by Gasteiger charge is 2.02. The number of nitrogens with one attached hydrogen (secondary N) is 1. The van der Waals surface area contributed by atoms with Gasteiger partial charge in [0.1, 0.15) is 0 Å². The van der Waals surface area contributed by atoms with Crippen molar-refractivity contribution >= 4 is 0 Å². The van der Waals surface area contributed by atoms with Crippen molar-refractivity contribution in [2.75, 3.05) is 20.3 Å². The Hall–Kier alpha value is -1.65. The molecule has 0 aliphatic rings. The zero-order valence-corrected chi connectivity index (χ0v) is 10.9. The Morgan fingerprint density at radius 2 is 2.17 bits per heavy atom. The number of rotatable bonds is 6. The predicted octanol–water partition coefficient (Wildman–Crippen LogP) is 1.92. The van der Waals surface area contributed by atoms with Gasteiger partial charge in [-0.1, -0.05) is 18.2 Å². The minimum Gasteiger partial charge on any atom is -0.383 e.